The Morgan fingerprint density at radius 2 is 1.80 bits per heavy atom. The van der Waals surface area contributed by atoms with Crippen LogP contribution in [0.2, 0.25) is 0 Å². The summed E-state index contributed by atoms with van der Waals surface area (Å²) >= 11 is 0. The third-order valence-electron chi connectivity index (χ3n) is 4.01. The number of hydrogen-bond acceptors (Lipinski definition) is 2. The predicted octanol–water partition coefficient (Wildman–Crippen LogP) is 4.05. The van der Waals surface area contributed by atoms with Crippen molar-refractivity contribution in [1.29, 1.82) is 0 Å². The normalized spacial score (nSPS) is 19.6. The second-order valence-electron chi connectivity index (χ2n) is 5.24. The van der Waals surface area contributed by atoms with Gasteiger partial charge in [0.25, 0.3) is 0 Å². The molecule has 20 heavy (non-hydrogen) atoms. The lowest BCUT2D eigenvalue weighted by Crippen LogP contribution is -2.19. The van der Waals surface area contributed by atoms with Crippen LogP contribution >= 0.6 is 0 Å². The van der Waals surface area contributed by atoms with Crippen molar-refractivity contribution >= 4 is 11.3 Å². The summed E-state index contributed by atoms with van der Waals surface area (Å²) in [5, 5.41) is 0. The average molecular weight is 260 g/mol. The zero-order valence-electron chi connectivity index (χ0n) is 11.1. The van der Waals surface area contributed by atoms with Crippen molar-refractivity contribution in [2.75, 3.05) is 5.43 Å². The van der Waals surface area contributed by atoms with Gasteiger partial charge in [-0.25, -0.2) is 5.43 Å². The van der Waals surface area contributed by atoms with Crippen LogP contribution in [-0.2, 0) is 0 Å². The second kappa shape index (κ2) is 4.66. The van der Waals surface area contributed by atoms with E-state index in [1.165, 1.54) is 28.0 Å². The molecule has 0 amide bonds. The van der Waals surface area contributed by atoms with E-state index in [1.807, 2.05) is 0 Å². The summed E-state index contributed by atoms with van der Waals surface area (Å²) in [5.74, 6) is 0. The number of para-hydroxylation sites is 1. The highest BCUT2D eigenvalue weighted by Gasteiger charge is 2.22. The van der Waals surface area contributed by atoms with Gasteiger partial charge < -0.3 is 5.43 Å². The first-order valence-corrected chi connectivity index (χ1v) is 6.98. The Bertz CT molecular complexity index is 696. The summed E-state index contributed by atoms with van der Waals surface area (Å²) in [7, 11) is 0. The molecular formula is C18H16N2. The van der Waals surface area contributed by atoms with Crippen LogP contribution in [0.4, 0.5) is 5.69 Å². The number of hydrogen-bond donors (Lipinski definition) is 2. The van der Waals surface area contributed by atoms with Crippen LogP contribution in [0.15, 0.2) is 66.8 Å². The number of rotatable bonds is 2. The number of allylic oxidation sites excluding steroid dienone is 4. The zero-order chi connectivity index (χ0) is 13.4. The lowest BCUT2D eigenvalue weighted by molar-refractivity contribution is 0.728. The van der Waals surface area contributed by atoms with E-state index >= 15 is 0 Å². The fraction of sp³-hybridized carbons (Fsp3) is 0.111. The number of fused-ring (bicyclic) bond motifs is 1. The first-order valence-electron chi connectivity index (χ1n) is 6.98. The summed E-state index contributed by atoms with van der Waals surface area (Å²) in [6, 6.07) is 17.5. The maximum atomic E-state index is 3.35. The van der Waals surface area contributed by atoms with E-state index in [9.17, 15) is 0 Å². The van der Waals surface area contributed by atoms with Crippen molar-refractivity contribution in [3.05, 3.63) is 83.4 Å². The van der Waals surface area contributed by atoms with Crippen molar-refractivity contribution in [2.24, 2.45) is 0 Å². The molecular weight excluding hydrogens is 244 g/mol. The van der Waals surface area contributed by atoms with Crippen LogP contribution in [0.25, 0.3) is 5.57 Å². The Balaban J connectivity index is 1.64. The molecule has 1 unspecified atom stereocenters. The van der Waals surface area contributed by atoms with Crippen molar-refractivity contribution in [2.45, 2.75) is 12.5 Å². The molecule has 0 radical (unpaired) electrons. The molecule has 1 aliphatic heterocycles. The molecule has 0 fully saturated rings. The lowest BCUT2D eigenvalue weighted by Gasteiger charge is -2.12. The van der Waals surface area contributed by atoms with Gasteiger partial charge in [-0.3, -0.25) is 0 Å². The number of anilines is 1. The molecule has 0 saturated carbocycles. The molecule has 2 N–H and O–H groups in total. The van der Waals surface area contributed by atoms with Gasteiger partial charge in [-0.15, -0.1) is 0 Å². The first kappa shape index (κ1) is 11.5. The van der Waals surface area contributed by atoms with Crippen molar-refractivity contribution in [3.8, 4) is 0 Å². The average Bonchev–Trinajstić information content (AvgIpc) is 3.17. The van der Waals surface area contributed by atoms with E-state index in [2.05, 4.69) is 77.6 Å². The van der Waals surface area contributed by atoms with Crippen molar-refractivity contribution in [1.82, 2.24) is 5.43 Å². The van der Waals surface area contributed by atoms with Gasteiger partial charge in [0.05, 0.1) is 11.7 Å². The third-order valence-corrected chi connectivity index (χ3v) is 4.01. The molecule has 0 saturated heterocycles. The SMILES string of the molecule is C1=CCC(c2ccc(C3NNc4ccccc43)cc2)=C1. The number of hydrazine groups is 1. The predicted molar refractivity (Wildman–Crippen MR) is 83.2 cm³/mol. The van der Waals surface area contributed by atoms with Gasteiger partial charge in [-0.1, -0.05) is 60.7 Å². The lowest BCUT2D eigenvalue weighted by atomic mass is 9.96. The summed E-state index contributed by atoms with van der Waals surface area (Å²) in [6.45, 7) is 0. The van der Waals surface area contributed by atoms with Crippen LogP contribution in [0.5, 0.6) is 0 Å². The second-order valence-corrected chi connectivity index (χ2v) is 5.24. The monoisotopic (exact) mass is 260 g/mol. The molecule has 2 nitrogen and oxygen atoms in total. The zero-order valence-corrected chi connectivity index (χ0v) is 11.1. The molecule has 1 atom stereocenters. The number of nitrogens with one attached hydrogen (secondary N) is 2. The van der Waals surface area contributed by atoms with Gasteiger partial charge in [-0.2, -0.15) is 0 Å². The standard InChI is InChI=1S/C18H16N2/c1-2-6-13(5-1)14-9-11-15(12-10-14)18-16-7-3-4-8-17(16)19-20-18/h1-5,7-12,18-20H,6H2. The maximum absolute atomic E-state index is 3.35. The summed E-state index contributed by atoms with van der Waals surface area (Å²) in [5.41, 5.74) is 13.1. The van der Waals surface area contributed by atoms with Crippen LogP contribution in [0.3, 0.4) is 0 Å². The quantitative estimate of drug-likeness (QED) is 0.851. The van der Waals surface area contributed by atoms with Gasteiger partial charge in [-0.05, 0) is 34.8 Å². The molecule has 2 aromatic rings. The fourth-order valence-corrected chi connectivity index (χ4v) is 2.90. The van der Waals surface area contributed by atoms with Gasteiger partial charge in [0.1, 0.15) is 0 Å². The molecule has 98 valence electrons. The molecule has 2 aromatic carbocycles. The summed E-state index contributed by atoms with van der Waals surface area (Å²) in [6.07, 6.45) is 7.56. The Morgan fingerprint density at radius 3 is 2.60 bits per heavy atom. The number of benzene rings is 2. The van der Waals surface area contributed by atoms with Crippen LogP contribution in [0, 0.1) is 0 Å². The highest BCUT2D eigenvalue weighted by atomic mass is 15.4. The van der Waals surface area contributed by atoms with E-state index in [1.54, 1.807) is 0 Å². The van der Waals surface area contributed by atoms with Crippen molar-refractivity contribution < 1.29 is 0 Å². The van der Waals surface area contributed by atoms with Crippen LogP contribution in [0.1, 0.15) is 29.2 Å². The summed E-state index contributed by atoms with van der Waals surface area (Å²) < 4.78 is 0. The Morgan fingerprint density at radius 1 is 0.950 bits per heavy atom. The highest BCUT2D eigenvalue weighted by molar-refractivity contribution is 5.71. The van der Waals surface area contributed by atoms with Gasteiger partial charge in [0.15, 0.2) is 0 Å². The van der Waals surface area contributed by atoms with E-state index in [0.717, 1.165) is 6.42 Å². The minimum Gasteiger partial charge on any atom is -0.320 e. The molecule has 2 heteroatoms. The molecule has 0 aromatic heterocycles. The summed E-state index contributed by atoms with van der Waals surface area (Å²) in [4.78, 5) is 0. The van der Waals surface area contributed by atoms with Gasteiger partial charge in [0.2, 0.25) is 0 Å². The van der Waals surface area contributed by atoms with Crippen LogP contribution < -0.4 is 10.9 Å². The minimum atomic E-state index is 0.232. The van der Waals surface area contributed by atoms with E-state index in [4.69, 9.17) is 0 Å². The third kappa shape index (κ3) is 1.86. The van der Waals surface area contributed by atoms with Gasteiger partial charge in [0, 0.05) is 0 Å². The van der Waals surface area contributed by atoms with E-state index < -0.39 is 0 Å². The topological polar surface area (TPSA) is 24.1 Å². The molecule has 0 bridgehead atoms. The van der Waals surface area contributed by atoms with E-state index in [0.29, 0.717) is 0 Å². The molecule has 4 rings (SSSR count). The Kier molecular flexibility index (Phi) is 2.68. The fourth-order valence-electron chi connectivity index (χ4n) is 2.90. The smallest absolute Gasteiger partial charge is 0.0780 e. The van der Waals surface area contributed by atoms with Gasteiger partial charge >= 0.3 is 0 Å². The van der Waals surface area contributed by atoms with Crippen molar-refractivity contribution in [3.63, 3.8) is 0 Å². The Hall–Kier alpha value is -2.32. The maximum Gasteiger partial charge on any atom is 0.0780 e. The first-order chi connectivity index (χ1) is 9.92. The Labute approximate surface area is 118 Å². The molecule has 0 spiro atoms. The van der Waals surface area contributed by atoms with Crippen LogP contribution in [-0.4, -0.2) is 0 Å². The molecule has 2 aliphatic rings. The molecule has 1 aliphatic carbocycles. The van der Waals surface area contributed by atoms with E-state index in [-0.39, 0.29) is 6.04 Å². The molecule has 1 heterocycles. The largest absolute Gasteiger partial charge is 0.320 e. The highest BCUT2D eigenvalue weighted by Crippen LogP contribution is 2.33. The minimum absolute atomic E-state index is 0.232.